The molecule has 0 aliphatic heterocycles. The second-order valence-corrected chi connectivity index (χ2v) is 7.60. The predicted octanol–water partition coefficient (Wildman–Crippen LogP) is 3.37. The summed E-state index contributed by atoms with van der Waals surface area (Å²) < 4.78 is 33.1. The summed E-state index contributed by atoms with van der Waals surface area (Å²) in [6.45, 7) is 2.68. The number of methoxy groups -OCH3 is 1. The first-order valence-corrected chi connectivity index (χ1v) is 9.88. The molecule has 0 unspecified atom stereocenters. The third-order valence-corrected chi connectivity index (χ3v) is 5.30. The molecule has 2 aromatic carbocycles. The van der Waals surface area contributed by atoms with E-state index in [0.29, 0.717) is 23.5 Å². The van der Waals surface area contributed by atoms with E-state index in [0.717, 1.165) is 12.8 Å². The minimum absolute atomic E-state index is 0.0261. The first-order valence-electron chi connectivity index (χ1n) is 8.40. The van der Waals surface area contributed by atoms with Crippen LogP contribution in [0.3, 0.4) is 0 Å². The van der Waals surface area contributed by atoms with Crippen LogP contribution in [0.1, 0.15) is 30.1 Å². The summed E-state index contributed by atoms with van der Waals surface area (Å²) in [5.74, 6) is 0.218. The molecule has 7 heteroatoms. The number of hydrogen-bond donors (Lipinski definition) is 1. The van der Waals surface area contributed by atoms with Gasteiger partial charge in [-0.2, -0.15) is 0 Å². The maximum atomic E-state index is 12.7. The number of unbranched alkanes of at least 4 members (excludes halogenated alkanes) is 1. The second kappa shape index (κ2) is 8.71. The van der Waals surface area contributed by atoms with Gasteiger partial charge in [0.1, 0.15) is 5.75 Å². The Labute approximate surface area is 154 Å². The first kappa shape index (κ1) is 19.8. The van der Waals surface area contributed by atoms with Crippen LogP contribution in [0.25, 0.3) is 0 Å². The molecule has 2 rings (SSSR count). The SMILES string of the molecule is CCCCN(C)C(=O)c1cccc(S(=O)(=O)Nc2ccccc2OC)c1. The molecule has 0 aromatic heterocycles. The van der Waals surface area contributed by atoms with Crippen molar-refractivity contribution in [1.29, 1.82) is 0 Å². The van der Waals surface area contributed by atoms with E-state index in [4.69, 9.17) is 4.74 Å². The normalized spacial score (nSPS) is 11.0. The highest BCUT2D eigenvalue weighted by Crippen LogP contribution is 2.26. The van der Waals surface area contributed by atoms with Gasteiger partial charge in [-0.3, -0.25) is 9.52 Å². The average molecular weight is 376 g/mol. The minimum Gasteiger partial charge on any atom is -0.495 e. The molecule has 0 radical (unpaired) electrons. The van der Waals surface area contributed by atoms with Crippen LogP contribution in [0.5, 0.6) is 5.75 Å². The maximum absolute atomic E-state index is 12.7. The van der Waals surface area contributed by atoms with E-state index in [1.54, 1.807) is 48.3 Å². The van der Waals surface area contributed by atoms with Crippen molar-refractivity contribution in [3.8, 4) is 5.75 Å². The molecule has 0 fully saturated rings. The van der Waals surface area contributed by atoms with E-state index in [1.807, 2.05) is 0 Å². The number of rotatable bonds is 8. The zero-order valence-corrected chi connectivity index (χ0v) is 16.0. The summed E-state index contributed by atoms with van der Waals surface area (Å²) in [5.41, 5.74) is 0.679. The Balaban J connectivity index is 2.26. The number of anilines is 1. The van der Waals surface area contributed by atoms with Gasteiger partial charge in [-0.15, -0.1) is 0 Å². The molecular weight excluding hydrogens is 352 g/mol. The zero-order valence-electron chi connectivity index (χ0n) is 15.2. The molecule has 0 saturated heterocycles. The van der Waals surface area contributed by atoms with Crippen molar-refractivity contribution in [2.75, 3.05) is 25.4 Å². The second-order valence-electron chi connectivity index (χ2n) is 5.91. The predicted molar refractivity (Wildman–Crippen MR) is 102 cm³/mol. The highest BCUT2D eigenvalue weighted by Gasteiger charge is 2.19. The summed E-state index contributed by atoms with van der Waals surface area (Å²) in [7, 11) is -0.660. The number of nitrogens with zero attached hydrogens (tertiary/aromatic N) is 1. The Bertz CT molecular complexity index is 865. The number of para-hydroxylation sites is 2. The molecule has 26 heavy (non-hydrogen) atoms. The van der Waals surface area contributed by atoms with Crippen LogP contribution in [0.2, 0.25) is 0 Å². The van der Waals surface area contributed by atoms with Crippen LogP contribution < -0.4 is 9.46 Å². The molecule has 0 saturated carbocycles. The minimum atomic E-state index is -3.85. The molecule has 1 N–H and O–H groups in total. The fourth-order valence-electron chi connectivity index (χ4n) is 2.45. The maximum Gasteiger partial charge on any atom is 0.262 e. The van der Waals surface area contributed by atoms with Gasteiger partial charge in [0.2, 0.25) is 0 Å². The van der Waals surface area contributed by atoms with E-state index in [1.165, 1.54) is 19.2 Å². The summed E-state index contributed by atoms with van der Waals surface area (Å²) in [6.07, 6.45) is 1.88. The largest absolute Gasteiger partial charge is 0.495 e. The first-order chi connectivity index (χ1) is 12.4. The molecule has 0 heterocycles. The van der Waals surface area contributed by atoms with Gasteiger partial charge < -0.3 is 9.64 Å². The van der Waals surface area contributed by atoms with Gasteiger partial charge in [0, 0.05) is 19.2 Å². The van der Waals surface area contributed by atoms with E-state index >= 15 is 0 Å². The van der Waals surface area contributed by atoms with Crippen molar-refractivity contribution < 1.29 is 17.9 Å². The average Bonchev–Trinajstić information content (AvgIpc) is 2.65. The lowest BCUT2D eigenvalue weighted by Crippen LogP contribution is -2.28. The number of nitrogens with one attached hydrogen (secondary N) is 1. The molecule has 1 amide bonds. The lowest BCUT2D eigenvalue weighted by atomic mass is 10.2. The number of ether oxygens (including phenoxy) is 1. The van der Waals surface area contributed by atoms with Gasteiger partial charge >= 0.3 is 0 Å². The van der Waals surface area contributed by atoms with Crippen LogP contribution >= 0.6 is 0 Å². The smallest absolute Gasteiger partial charge is 0.262 e. The Kier molecular flexibility index (Phi) is 6.63. The van der Waals surface area contributed by atoms with Crippen molar-refractivity contribution in [3.05, 3.63) is 54.1 Å². The van der Waals surface area contributed by atoms with Gasteiger partial charge in [-0.1, -0.05) is 31.5 Å². The van der Waals surface area contributed by atoms with Gasteiger partial charge in [-0.05, 0) is 36.8 Å². The molecule has 2 aromatic rings. The van der Waals surface area contributed by atoms with Crippen molar-refractivity contribution in [3.63, 3.8) is 0 Å². The highest BCUT2D eigenvalue weighted by molar-refractivity contribution is 7.92. The molecular formula is C19H24N2O4S. The lowest BCUT2D eigenvalue weighted by molar-refractivity contribution is 0.0793. The third kappa shape index (κ3) is 4.76. The molecule has 0 bridgehead atoms. The zero-order chi connectivity index (χ0) is 19.2. The Morgan fingerprint density at radius 3 is 2.58 bits per heavy atom. The fourth-order valence-corrected chi connectivity index (χ4v) is 3.56. The Morgan fingerprint density at radius 2 is 1.88 bits per heavy atom. The van der Waals surface area contributed by atoms with Gasteiger partial charge in [0.15, 0.2) is 0 Å². The van der Waals surface area contributed by atoms with E-state index in [9.17, 15) is 13.2 Å². The topological polar surface area (TPSA) is 75.7 Å². The lowest BCUT2D eigenvalue weighted by Gasteiger charge is -2.17. The van der Waals surface area contributed by atoms with Crippen LogP contribution in [0, 0.1) is 0 Å². The van der Waals surface area contributed by atoms with Crippen LogP contribution in [0.15, 0.2) is 53.4 Å². The molecule has 0 aliphatic rings. The summed E-state index contributed by atoms with van der Waals surface area (Å²) in [4.78, 5) is 14.1. The highest BCUT2D eigenvalue weighted by atomic mass is 32.2. The molecule has 140 valence electrons. The van der Waals surface area contributed by atoms with Crippen LogP contribution in [0.4, 0.5) is 5.69 Å². The number of hydrogen-bond acceptors (Lipinski definition) is 4. The van der Waals surface area contributed by atoms with Crippen molar-refractivity contribution in [2.24, 2.45) is 0 Å². The molecule has 0 aliphatic carbocycles. The monoisotopic (exact) mass is 376 g/mol. The summed E-state index contributed by atoms with van der Waals surface area (Å²) in [6, 6.07) is 12.8. The molecule has 0 spiro atoms. The van der Waals surface area contributed by atoms with Gasteiger partial charge in [-0.25, -0.2) is 8.42 Å². The summed E-state index contributed by atoms with van der Waals surface area (Å²) in [5, 5.41) is 0. The van der Waals surface area contributed by atoms with Crippen molar-refractivity contribution >= 4 is 21.6 Å². The standard InChI is InChI=1S/C19H24N2O4S/c1-4-5-13-21(2)19(22)15-9-8-10-16(14-15)26(23,24)20-17-11-6-7-12-18(17)25-3/h6-12,14,20H,4-5,13H2,1-3H3. The molecule has 0 atom stereocenters. The Hall–Kier alpha value is -2.54. The van der Waals surface area contributed by atoms with Crippen LogP contribution in [-0.4, -0.2) is 39.9 Å². The van der Waals surface area contributed by atoms with Crippen molar-refractivity contribution in [2.45, 2.75) is 24.7 Å². The van der Waals surface area contributed by atoms with Gasteiger partial charge in [0.05, 0.1) is 17.7 Å². The van der Waals surface area contributed by atoms with Gasteiger partial charge in [0.25, 0.3) is 15.9 Å². The van der Waals surface area contributed by atoms with E-state index < -0.39 is 10.0 Å². The number of amides is 1. The number of carbonyl (C=O) groups excluding carboxylic acids is 1. The molecule has 6 nitrogen and oxygen atoms in total. The number of sulfonamides is 1. The summed E-state index contributed by atoms with van der Waals surface area (Å²) >= 11 is 0. The third-order valence-electron chi connectivity index (χ3n) is 3.94. The quantitative estimate of drug-likeness (QED) is 0.766. The fraction of sp³-hybridized carbons (Fsp3) is 0.316. The number of carbonyl (C=O) groups is 1. The van der Waals surface area contributed by atoms with Crippen molar-refractivity contribution in [1.82, 2.24) is 4.90 Å². The van der Waals surface area contributed by atoms with Crippen LogP contribution in [-0.2, 0) is 10.0 Å². The number of benzene rings is 2. The Morgan fingerprint density at radius 1 is 1.15 bits per heavy atom. The van der Waals surface area contributed by atoms with E-state index in [-0.39, 0.29) is 10.8 Å². The van der Waals surface area contributed by atoms with E-state index in [2.05, 4.69) is 11.6 Å².